The highest BCUT2D eigenvalue weighted by atomic mass is 32.2. The molecule has 0 aliphatic carbocycles. The highest BCUT2D eigenvalue weighted by Crippen LogP contribution is 2.33. The second kappa shape index (κ2) is 9.45. The first-order valence-electron chi connectivity index (χ1n) is 10.2. The summed E-state index contributed by atoms with van der Waals surface area (Å²) in [5.74, 6) is -0.257. The molecular formula is C23H25N3O3S. The fraction of sp³-hybridized carbons (Fsp3) is 0.348. The van der Waals surface area contributed by atoms with E-state index in [1.807, 2.05) is 61.5 Å². The summed E-state index contributed by atoms with van der Waals surface area (Å²) in [6, 6.07) is 17.2. The minimum atomic E-state index is -0.487. The minimum Gasteiger partial charge on any atom is -0.376 e. The number of anilines is 1. The molecule has 2 aliphatic heterocycles. The van der Waals surface area contributed by atoms with Crippen molar-refractivity contribution < 1.29 is 14.3 Å². The van der Waals surface area contributed by atoms with Gasteiger partial charge in [0.05, 0.1) is 18.3 Å². The lowest BCUT2D eigenvalue weighted by molar-refractivity contribution is -0.129. The third-order valence-electron chi connectivity index (χ3n) is 5.12. The summed E-state index contributed by atoms with van der Waals surface area (Å²) in [6.45, 7) is 3.21. The first-order valence-corrected chi connectivity index (χ1v) is 11.1. The Bertz CT molecular complexity index is 924. The summed E-state index contributed by atoms with van der Waals surface area (Å²) in [5, 5.41) is 3.03. The second-order valence-corrected chi connectivity index (χ2v) is 8.71. The number of aliphatic imine (C=N–C) groups is 1. The summed E-state index contributed by atoms with van der Waals surface area (Å²) in [6.07, 6.45) is 2.07. The zero-order chi connectivity index (χ0) is 20.9. The van der Waals surface area contributed by atoms with Crippen molar-refractivity contribution in [1.82, 2.24) is 4.90 Å². The molecule has 2 heterocycles. The van der Waals surface area contributed by atoms with Gasteiger partial charge in [0, 0.05) is 18.7 Å². The molecule has 2 amide bonds. The Hall–Kier alpha value is -2.64. The maximum Gasteiger partial charge on any atom is 0.242 e. The van der Waals surface area contributed by atoms with Crippen LogP contribution in [0.4, 0.5) is 11.4 Å². The lowest BCUT2D eigenvalue weighted by atomic mass is 10.2. The van der Waals surface area contributed by atoms with Crippen molar-refractivity contribution in [3.05, 3.63) is 60.2 Å². The van der Waals surface area contributed by atoms with Gasteiger partial charge in [0.1, 0.15) is 5.25 Å². The van der Waals surface area contributed by atoms with Crippen molar-refractivity contribution in [3.63, 3.8) is 0 Å². The van der Waals surface area contributed by atoms with Crippen molar-refractivity contribution in [2.45, 2.75) is 37.5 Å². The van der Waals surface area contributed by atoms with E-state index < -0.39 is 5.25 Å². The smallest absolute Gasteiger partial charge is 0.242 e. The van der Waals surface area contributed by atoms with Gasteiger partial charge in [-0.15, -0.1) is 0 Å². The molecule has 6 nitrogen and oxygen atoms in total. The van der Waals surface area contributed by atoms with Crippen LogP contribution in [0, 0.1) is 6.92 Å². The molecule has 0 radical (unpaired) electrons. The molecule has 0 spiro atoms. The van der Waals surface area contributed by atoms with Gasteiger partial charge < -0.3 is 10.1 Å². The van der Waals surface area contributed by atoms with Crippen LogP contribution in [-0.2, 0) is 14.3 Å². The fourth-order valence-electron chi connectivity index (χ4n) is 3.52. The van der Waals surface area contributed by atoms with E-state index in [0.717, 1.165) is 36.4 Å². The Kier molecular flexibility index (Phi) is 6.50. The monoisotopic (exact) mass is 423 g/mol. The number of amidine groups is 1. The number of ether oxygens (including phenoxy) is 1. The van der Waals surface area contributed by atoms with Gasteiger partial charge in [-0.1, -0.05) is 47.7 Å². The Labute approximate surface area is 180 Å². The molecule has 0 saturated carbocycles. The number of benzene rings is 2. The van der Waals surface area contributed by atoms with E-state index in [-0.39, 0.29) is 24.3 Å². The number of hydrogen-bond donors (Lipinski definition) is 1. The zero-order valence-corrected chi connectivity index (χ0v) is 17.7. The van der Waals surface area contributed by atoms with Crippen LogP contribution < -0.4 is 5.32 Å². The van der Waals surface area contributed by atoms with Gasteiger partial charge in [0.2, 0.25) is 11.8 Å². The van der Waals surface area contributed by atoms with E-state index >= 15 is 0 Å². The predicted octanol–water partition coefficient (Wildman–Crippen LogP) is 4.13. The third-order valence-corrected chi connectivity index (χ3v) is 6.29. The number of amides is 2. The number of carbonyl (C=O) groups excluding carboxylic acids is 2. The summed E-state index contributed by atoms with van der Waals surface area (Å²) in [7, 11) is 0. The molecule has 0 bridgehead atoms. The van der Waals surface area contributed by atoms with Gasteiger partial charge in [-0.25, -0.2) is 4.99 Å². The number of rotatable bonds is 6. The first kappa shape index (κ1) is 20.6. The van der Waals surface area contributed by atoms with Crippen LogP contribution in [0.2, 0.25) is 0 Å². The number of thioether (sulfide) groups is 1. The topological polar surface area (TPSA) is 71.0 Å². The number of aryl methyl sites for hydroxylation is 1. The van der Waals surface area contributed by atoms with Crippen LogP contribution in [0.15, 0.2) is 59.6 Å². The van der Waals surface area contributed by atoms with Crippen LogP contribution in [-0.4, -0.2) is 46.4 Å². The summed E-state index contributed by atoms with van der Waals surface area (Å²) in [4.78, 5) is 32.0. The van der Waals surface area contributed by atoms with Crippen molar-refractivity contribution in [1.29, 1.82) is 0 Å². The molecule has 2 aromatic rings. The van der Waals surface area contributed by atoms with E-state index in [1.165, 1.54) is 11.8 Å². The molecule has 0 unspecified atom stereocenters. The zero-order valence-electron chi connectivity index (χ0n) is 16.9. The van der Waals surface area contributed by atoms with Crippen molar-refractivity contribution in [2.24, 2.45) is 4.99 Å². The van der Waals surface area contributed by atoms with E-state index in [9.17, 15) is 9.59 Å². The molecular weight excluding hydrogens is 398 g/mol. The molecule has 2 fully saturated rings. The van der Waals surface area contributed by atoms with Gasteiger partial charge in [-0.2, -0.15) is 0 Å². The molecule has 2 atom stereocenters. The summed E-state index contributed by atoms with van der Waals surface area (Å²) < 4.78 is 5.73. The second-order valence-electron chi connectivity index (χ2n) is 7.54. The fourth-order valence-corrected chi connectivity index (χ4v) is 4.68. The molecule has 2 saturated heterocycles. The Morgan fingerprint density at radius 3 is 2.67 bits per heavy atom. The largest absolute Gasteiger partial charge is 0.376 e. The lowest BCUT2D eigenvalue weighted by Gasteiger charge is -2.20. The molecule has 30 heavy (non-hydrogen) atoms. The Balaban J connectivity index is 1.47. The van der Waals surface area contributed by atoms with Crippen molar-refractivity contribution >= 4 is 40.1 Å². The van der Waals surface area contributed by atoms with Gasteiger partial charge in [0.15, 0.2) is 5.17 Å². The van der Waals surface area contributed by atoms with E-state index in [1.54, 1.807) is 4.90 Å². The molecule has 1 N–H and O–H groups in total. The predicted molar refractivity (Wildman–Crippen MR) is 120 cm³/mol. The van der Waals surface area contributed by atoms with Crippen LogP contribution in [0.1, 0.15) is 24.8 Å². The number of carbonyl (C=O) groups is 2. The quantitative estimate of drug-likeness (QED) is 0.758. The molecule has 156 valence electrons. The Morgan fingerprint density at radius 1 is 1.20 bits per heavy atom. The molecule has 4 rings (SSSR count). The van der Waals surface area contributed by atoms with Crippen LogP contribution >= 0.6 is 11.8 Å². The number of para-hydroxylation sites is 1. The van der Waals surface area contributed by atoms with E-state index in [4.69, 9.17) is 4.74 Å². The van der Waals surface area contributed by atoms with Crippen LogP contribution in [0.25, 0.3) is 0 Å². The molecule has 0 aromatic heterocycles. The van der Waals surface area contributed by atoms with Gasteiger partial charge in [-0.05, 0) is 44.0 Å². The SMILES string of the molecule is Cc1ccc(NC(=O)C[C@H]2SC(=Nc3ccccc3)N(C[C@@H]3CCCO3)C2=O)cc1. The maximum atomic E-state index is 13.1. The number of nitrogens with one attached hydrogen (secondary N) is 1. The van der Waals surface area contributed by atoms with Gasteiger partial charge >= 0.3 is 0 Å². The highest BCUT2D eigenvalue weighted by molar-refractivity contribution is 8.15. The molecule has 2 aromatic carbocycles. The minimum absolute atomic E-state index is 0.0238. The number of nitrogens with zero attached hydrogens (tertiary/aromatic N) is 2. The lowest BCUT2D eigenvalue weighted by Crippen LogP contribution is -2.38. The van der Waals surface area contributed by atoms with Crippen LogP contribution in [0.3, 0.4) is 0 Å². The van der Waals surface area contributed by atoms with Gasteiger partial charge in [-0.3, -0.25) is 14.5 Å². The summed E-state index contributed by atoms with van der Waals surface area (Å²) >= 11 is 1.36. The van der Waals surface area contributed by atoms with Crippen LogP contribution in [0.5, 0.6) is 0 Å². The van der Waals surface area contributed by atoms with Crippen molar-refractivity contribution in [2.75, 3.05) is 18.5 Å². The Morgan fingerprint density at radius 2 is 1.97 bits per heavy atom. The standard InChI is InChI=1S/C23H25N3O3S/c1-16-9-11-18(12-10-16)24-21(27)14-20-22(28)26(15-19-8-5-13-29-19)23(30-20)25-17-6-3-2-4-7-17/h2-4,6-7,9-12,19-20H,5,8,13-15H2,1H3,(H,24,27)/t19-,20+/m0/s1. The average Bonchev–Trinajstić information content (AvgIpc) is 3.35. The molecule has 2 aliphatic rings. The molecule has 7 heteroatoms. The number of hydrogen-bond acceptors (Lipinski definition) is 5. The van der Waals surface area contributed by atoms with Crippen molar-refractivity contribution in [3.8, 4) is 0 Å². The highest BCUT2D eigenvalue weighted by Gasteiger charge is 2.40. The maximum absolute atomic E-state index is 13.1. The average molecular weight is 424 g/mol. The van der Waals surface area contributed by atoms with E-state index in [0.29, 0.717) is 11.7 Å². The third kappa shape index (κ3) is 5.09. The normalized spacial score (nSPS) is 22.6. The van der Waals surface area contributed by atoms with E-state index in [2.05, 4.69) is 10.3 Å². The summed E-state index contributed by atoms with van der Waals surface area (Å²) in [5.41, 5.74) is 2.64. The van der Waals surface area contributed by atoms with Gasteiger partial charge in [0.25, 0.3) is 0 Å². The first-order chi connectivity index (χ1) is 14.6.